The third-order valence-electron chi connectivity index (χ3n) is 1.24. The van der Waals surface area contributed by atoms with E-state index in [0.717, 1.165) is 0 Å². The molecule has 0 spiro atoms. The maximum absolute atomic E-state index is 10.0. The Hall–Kier alpha value is -1.20. The van der Waals surface area contributed by atoms with Crippen LogP contribution in [0.5, 0.6) is 0 Å². The molecule has 0 saturated heterocycles. The number of aliphatic hydroxyl groups excluding tert-OH is 3. The summed E-state index contributed by atoms with van der Waals surface area (Å²) in [6.45, 7) is 8.54. The molecule has 0 aromatic rings. The molecule has 0 aliphatic carbocycles. The van der Waals surface area contributed by atoms with Crippen LogP contribution in [0.3, 0.4) is 0 Å². The van der Waals surface area contributed by atoms with Gasteiger partial charge in [0.1, 0.15) is 0 Å². The summed E-state index contributed by atoms with van der Waals surface area (Å²) in [6.07, 6.45) is 3.50. The van der Waals surface area contributed by atoms with Crippen LogP contribution in [0.15, 0.2) is 35.5 Å². The van der Waals surface area contributed by atoms with Crippen molar-refractivity contribution < 1.29 is 84.7 Å². The van der Waals surface area contributed by atoms with Gasteiger partial charge in [0.05, 0.1) is 17.3 Å². The summed E-state index contributed by atoms with van der Waals surface area (Å²) in [5.41, 5.74) is 0. The Morgan fingerprint density at radius 2 is 0.640 bits per heavy atom. The van der Waals surface area contributed by atoms with Crippen LogP contribution in [0.25, 0.3) is 0 Å². The van der Waals surface area contributed by atoms with Gasteiger partial charge < -0.3 is 31.7 Å². The number of aliphatic hydroxyl groups is 3. The Kier molecular flexibility index (Phi) is 48.5. The Morgan fingerprint density at radius 1 is 0.520 bits per heavy atom. The molecule has 10 heteroatoms. The molecule has 25 heavy (non-hydrogen) atoms. The average molecular weight is 513 g/mol. The van der Waals surface area contributed by atoms with Gasteiger partial charge in [0.2, 0.25) is 0 Å². The van der Waals surface area contributed by atoms with Crippen LogP contribution < -0.4 is 0 Å². The molecular weight excluding hydrogens is 483 g/mol. The zero-order valence-corrected chi connectivity index (χ0v) is 17.3. The summed E-state index contributed by atoms with van der Waals surface area (Å²) in [4.78, 5) is 30.1. The molecule has 0 unspecified atom stereocenters. The fraction of sp³-hybridized carbons (Fsp3) is 0.400. The van der Waals surface area contributed by atoms with E-state index in [1.165, 1.54) is 59.8 Å². The molecule has 0 fully saturated rings. The molecule has 0 atom stereocenters. The van der Waals surface area contributed by atoms with Crippen LogP contribution in [-0.4, -0.2) is 49.1 Å². The van der Waals surface area contributed by atoms with Crippen LogP contribution in [0.4, 0.5) is 0 Å². The van der Waals surface area contributed by atoms with Crippen LogP contribution in [-0.2, 0) is 14.4 Å². The molecule has 0 rings (SSSR count). The second-order valence-electron chi connectivity index (χ2n) is 4.19. The molecule has 153 valence electrons. The maximum atomic E-state index is 10.0. The molecule has 9 nitrogen and oxygen atoms in total. The number of rotatable bonds is 3. The van der Waals surface area contributed by atoms with E-state index >= 15 is 0 Å². The van der Waals surface area contributed by atoms with Gasteiger partial charge in [-0.05, 0) is 41.5 Å². The SMILES string of the molecule is CC(=O)/C=C(/C)O.CC(=O)/C=C(/C)O.CC(=O)/C=C(/C)O.O.O.O.[Tb]. The molecule has 0 saturated carbocycles. The standard InChI is InChI=1S/3C5H8O2.3H2O.Tb/c3*1-4(6)3-5(2)7;;;;/h3*3,6H,1-2H3;3*1H2;/b3*4-3-;;;;. The number of carbonyl (C=O) groups is 3. The van der Waals surface area contributed by atoms with Gasteiger partial charge >= 0.3 is 0 Å². The first-order valence-corrected chi connectivity index (χ1v) is 6.02. The summed E-state index contributed by atoms with van der Waals surface area (Å²) in [5, 5.41) is 25.1. The second kappa shape index (κ2) is 27.6. The van der Waals surface area contributed by atoms with Crippen molar-refractivity contribution in [1.29, 1.82) is 0 Å². The molecule has 0 aromatic carbocycles. The zero-order valence-electron chi connectivity index (χ0n) is 15.1. The molecular formula is C15H30O9Tb. The van der Waals surface area contributed by atoms with Crippen molar-refractivity contribution in [2.24, 2.45) is 0 Å². The van der Waals surface area contributed by atoms with E-state index in [-0.39, 0.29) is 89.7 Å². The molecule has 0 amide bonds. The maximum Gasteiger partial charge on any atom is 0.155 e. The first-order chi connectivity index (χ1) is 9.38. The summed E-state index contributed by atoms with van der Waals surface area (Å²) in [5.74, 6) is -0.187. The molecule has 0 heterocycles. The number of hydrogen-bond acceptors (Lipinski definition) is 6. The fourth-order valence-electron chi connectivity index (χ4n) is 0.882. The van der Waals surface area contributed by atoms with Crippen molar-refractivity contribution in [3.05, 3.63) is 35.5 Å². The van der Waals surface area contributed by atoms with Gasteiger partial charge in [-0.25, -0.2) is 0 Å². The number of ketones is 3. The Balaban J connectivity index is -0.0000000360. The minimum Gasteiger partial charge on any atom is -0.512 e. The van der Waals surface area contributed by atoms with Gasteiger partial charge in [-0.1, -0.05) is 0 Å². The Bertz CT molecular complexity index is 373. The van der Waals surface area contributed by atoms with Crippen molar-refractivity contribution in [2.45, 2.75) is 41.5 Å². The van der Waals surface area contributed by atoms with Gasteiger partial charge in [0.15, 0.2) is 17.3 Å². The van der Waals surface area contributed by atoms with E-state index in [1.54, 1.807) is 0 Å². The average Bonchev–Trinajstić information content (AvgIpc) is 2.10. The smallest absolute Gasteiger partial charge is 0.155 e. The van der Waals surface area contributed by atoms with E-state index < -0.39 is 0 Å². The predicted octanol–water partition coefficient (Wildman–Crippen LogP) is 0.637. The minimum absolute atomic E-state index is 0. The monoisotopic (exact) mass is 513 g/mol. The molecule has 0 aliphatic heterocycles. The van der Waals surface area contributed by atoms with Crippen molar-refractivity contribution in [3.63, 3.8) is 0 Å². The van der Waals surface area contributed by atoms with Crippen molar-refractivity contribution in [2.75, 3.05) is 0 Å². The van der Waals surface area contributed by atoms with Gasteiger partial charge in [-0.2, -0.15) is 0 Å². The van der Waals surface area contributed by atoms with E-state index in [2.05, 4.69) is 0 Å². The minimum atomic E-state index is -0.125. The summed E-state index contributed by atoms with van der Waals surface area (Å²) in [7, 11) is 0. The van der Waals surface area contributed by atoms with Crippen LogP contribution in [0.1, 0.15) is 41.5 Å². The van der Waals surface area contributed by atoms with Gasteiger partial charge in [0.25, 0.3) is 0 Å². The normalized spacial score (nSPS) is 9.60. The van der Waals surface area contributed by atoms with Gasteiger partial charge in [0, 0.05) is 56.8 Å². The Morgan fingerprint density at radius 3 is 0.640 bits per heavy atom. The van der Waals surface area contributed by atoms with Crippen molar-refractivity contribution in [1.82, 2.24) is 0 Å². The van der Waals surface area contributed by atoms with E-state index in [0.29, 0.717) is 0 Å². The molecule has 1 radical (unpaired) electrons. The predicted molar refractivity (Wildman–Crippen MR) is 92.0 cm³/mol. The number of carbonyl (C=O) groups excluding carboxylic acids is 3. The first kappa shape index (κ1) is 43.8. The van der Waals surface area contributed by atoms with Crippen LogP contribution in [0.2, 0.25) is 0 Å². The summed E-state index contributed by atoms with van der Waals surface area (Å²) < 4.78 is 0. The summed E-state index contributed by atoms with van der Waals surface area (Å²) in [6, 6.07) is 0. The van der Waals surface area contributed by atoms with Crippen LogP contribution >= 0.6 is 0 Å². The molecule has 0 aromatic heterocycles. The van der Waals surface area contributed by atoms with E-state index in [4.69, 9.17) is 15.3 Å². The number of hydrogen-bond donors (Lipinski definition) is 3. The topological polar surface area (TPSA) is 206 Å². The van der Waals surface area contributed by atoms with Gasteiger partial charge in [-0.15, -0.1) is 0 Å². The molecule has 0 bridgehead atoms. The number of allylic oxidation sites excluding steroid dienone is 6. The first-order valence-electron chi connectivity index (χ1n) is 6.02. The quantitative estimate of drug-likeness (QED) is 0.364. The third-order valence-corrected chi connectivity index (χ3v) is 1.24. The third kappa shape index (κ3) is 84.6. The largest absolute Gasteiger partial charge is 0.512 e. The van der Waals surface area contributed by atoms with E-state index in [9.17, 15) is 14.4 Å². The van der Waals surface area contributed by atoms with E-state index in [1.807, 2.05) is 0 Å². The van der Waals surface area contributed by atoms with Crippen LogP contribution in [0, 0.1) is 38.6 Å². The molecule has 0 aliphatic rings. The fourth-order valence-corrected chi connectivity index (χ4v) is 0.882. The Labute approximate surface area is 178 Å². The van der Waals surface area contributed by atoms with Gasteiger partial charge in [-0.3, -0.25) is 14.4 Å². The van der Waals surface area contributed by atoms with Crippen molar-refractivity contribution >= 4 is 17.3 Å². The zero-order chi connectivity index (χ0) is 17.6. The van der Waals surface area contributed by atoms with Crippen molar-refractivity contribution in [3.8, 4) is 0 Å². The second-order valence-corrected chi connectivity index (χ2v) is 4.19. The molecule has 9 N–H and O–H groups in total. The summed E-state index contributed by atoms with van der Waals surface area (Å²) >= 11 is 0.